The zero-order valence-electron chi connectivity index (χ0n) is 16.8. The number of anilines is 2. The summed E-state index contributed by atoms with van der Waals surface area (Å²) >= 11 is 0. The second-order valence-electron chi connectivity index (χ2n) is 7.41. The maximum absolute atomic E-state index is 11.8. The fourth-order valence-electron chi connectivity index (χ4n) is 3.91. The van der Waals surface area contributed by atoms with Crippen LogP contribution in [0.1, 0.15) is 5.56 Å². The van der Waals surface area contributed by atoms with Crippen LogP contribution in [0.25, 0.3) is 10.9 Å². The van der Waals surface area contributed by atoms with Gasteiger partial charge >= 0.3 is 0 Å². The van der Waals surface area contributed by atoms with Crippen molar-refractivity contribution in [2.45, 2.75) is 6.54 Å². The standard InChI is InChI=1S/C21H22N6O4/c28-27(29)18-10-15-16(11-17(18)26-5-3-22-4-6-26)24-13-25-21(15)23-12-14-1-2-19-20(9-14)31-8-7-30-19/h1-2,9-11,13,22H,3-8,12H2,(H,23,24,25). The number of ether oxygens (including phenoxy) is 2. The van der Waals surface area contributed by atoms with Gasteiger partial charge in [0.25, 0.3) is 5.69 Å². The van der Waals surface area contributed by atoms with Gasteiger partial charge in [0.15, 0.2) is 11.5 Å². The number of aromatic nitrogens is 2. The van der Waals surface area contributed by atoms with Crippen LogP contribution in [0.5, 0.6) is 11.5 Å². The summed E-state index contributed by atoms with van der Waals surface area (Å²) in [6, 6.07) is 9.12. The Labute approximate surface area is 178 Å². The van der Waals surface area contributed by atoms with E-state index in [0.29, 0.717) is 55.3 Å². The van der Waals surface area contributed by atoms with E-state index in [9.17, 15) is 10.1 Å². The number of nitro groups is 1. The highest BCUT2D eigenvalue weighted by Gasteiger charge is 2.23. The van der Waals surface area contributed by atoms with Crippen molar-refractivity contribution in [2.75, 3.05) is 49.6 Å². The minimum Gasteiger partial charge on any atom is -0.486 e. The largest absolute Gasteiger partial charge is 0.486 e. The number of hydrogen-bond donors (Lipinski definition) is 2. The van der Waals surface area contributed by atoms with Crippen LogP contribution < -0.4 is 25.0 Å². The average molecular weight is 422 g/mol. The normalized spacial score (nSPS) is 15.7. The summed E-state index contributed by atoms with van der Waals surface area (Å²) in [6.07, 6.45) is 1.47. The van der Waals surface area contributed by atoms with Gasteiger partial charge in [-0.25, -0.2) is 9.97 Å². The summed E-state index contributed by atoms with van der Waals surface area (Å²) in [6.45, 7) is 4.57. The number of nitrogens with zero attached hydrogens (tertiary/aromatic N) is 4. The summed E-state index contributed by atoms with van der Waals surface area (Å²) in [4.78, 5) is 22.2. The summed E-state index contributed by atoms with van der Waals surface area (Å²) in [5, 5.41) is 19.0. The maximum atomic E-state index is 11.8. The van der Waals surface area contributed by atoms with E-state index in [1.54, 1.807) is 12.1 Å². The molecule has 2 aliphatic rings. The van der Waals surface area contributed by atoms with Crippen LogP contribution in [-0.4, -0.2) is 54.3 Å². The van der Waals surface area contributed by atoms with Crippen LogP contribution in [0, 0.1) is 10.1 Å². The first-order chi connectivity index (χ1) is 15.2. The Morgan fingerprint density at radius 3 is 2.71 bits per heavy atom. The van der Waals surface area contributed by atoms with Gasteiger partial charge in [-0.1, -0.05) is 6.07 Å². The number of nitrogens with one attached hydrogen (secondary N) is 2. The molecular weight excluding hydrogens is 400 g/mol. The molecule has 0 bridgehead atoms. The topological polar surface area (TPSA) is 115 Å². The predicted molar refractivity (Wildman–Crippen MR) is 116 cm³/mol. The lowest BCUT2D eigenvalue weighted by atomic mass is 10.1. The summed E-state index contributed by atoms with van der Waals surface area (Å²) < 4.78 is 11.2. The van der Waals surface area contributed by atoms with E-state index in [4.69, 9.17) is 9.47 Å². The van der Waals surface area contributed by atoms with E-state index < -0.39 is 0 Å². The van der Waals surface area contributed by atoms with Crippen LogP contribution in [0.15, 0.2) is 36.7 Å². The molecule has 1 saturated heterocycles. The molecule has 0 spiro atoms. The maximum Gasteiger partial charge on any atom is 0.293 e. The number of benzene rings is 2. The van der Waals surface area contributed by atoms with E-state index in [-0.39, 0.29) is 10.6 Å². The third-order valence-corrected chi connectivity index (χ3v) is 5.45. The second kappa shape index (κ2) is 8.23. The predicted octanol–water partition coefficient (Wildman–Crippen LogP) is 2.33. The molecule has 160 valence electrons. The van der Waals surface area contributed by atoms with Gasteiger partial charge in [-0.3, -0.25) is 10.1 Å². The van der Waals surface area contributed by atoms with Gasteiger partial charge in [-0.15, -0.1) is 0 Å². The lowest BCUT2D eigenvalue weighted by Gasteiger charge is -2.29. The van der Waals surface area contributed by atoms with E-state index in [0.717, 1.165) is 30.2 Å². The summed E-state index contributed by atoms with van der Waals surface area (Å²) in [7, 11) is 0. The molecule has 3 aromatic rings. The lowest BCUT2D eigenvalue weighted by Crippen LogP contribution is -2.43. The van der Waals surface area contributed by atoms with Gasteiger partial charge in [0.2, 0.25) is 0 Å². The molecule has 1 fully saturated rings. The molecule has 5 rings (SSSR count). The first kappa shape index (κ1) is 19.3. The Morgan fingerprint density at radius 1 is 1.10 bits per heavy atom. The smallest absolute Gasteiger partial charge is 0.293 e. The van der Waals surface area contributed by atoms with E-state index in [1.165, 1.54) is 6.33 Å². The third kappa shape index (κ3) is 3.89. The lowest BCUT2D eigenvalue weighted by molar-refractivity contribution is -0.384. The third-order valence-electron chi connectivity index (χ3n) is 5.45. The molecule has 2 aromatic carbocycles. The Hall–Kier alpha value is -3.66. The zero-order chi connectivity index (χ0) is 21.2. The molecule has 0 aliphatic carbocycles. The Kier molecular flexibility index (Phi) is 5.13. The Balaban J connectivity index is 1.45. The molecule has 2 aliphatic heterocycles. The molecule has 1 aromatic heterocycles. The first-order valence-corrected chi connectivity index (χ1v) is 10.2. The molecule has 0 amide bonds. The molecule has 0 radical (unpaired) electrons. The van der Waals surface area contributed by atoms with Crippen LogP contribution >= 0.6 is 0 Å². The van der Waals surface area contributed by atoms with Crippen molar-refractivity contribution in [3.8, 4) is 11.5 Å². The average Bonchev–Trinajstić information content (AvgIpc) is 2.82. The highest BCUT2D eigenvalue weighted by Crippen LogP contribution is 2.35. The number of hydrogen-bond acceptors (Lipinski definition) is 9. The van der Waals surface area contributed by atoms with Crippen molar-refractivity contribution in [1.82, 2.24) is 15.3 Å². The van der Waals surface area contributed by atoms with Gasteiger partial charge in [-0.05, 0) is 23.8 Å². The van der Waals surface area contributed by atoms with Gasteiger partial charge in [0.05, 0.1) is 10.4 Å². The summed E-state index contributed by atoms with van der Waals surface area (Å²) in [5.74, 6) is 2.00. The minimum atomic E-state index is -0.339. The van der Waals surface area contributed by atoms with Crippen molar-refractivity contribution in [3.05, 3.63) is 52.3 Å². The highest BCUT2D eigenvalue weighted by molar-refractivity contribution is 5.94. The minimum absolute atomic E-state index is 0.0616. The van der Waals surface area contributed by atoms with E-state index >= 15 is 0 Å². The molecule has 0 unspecified atom stereocenters. The Morgan fingerprint density at radius 2 is 1.90 bits per heavy atom. The van der Waals surface area contributed by atoms with Crippen molar-refractivity contribution in [2.24, 2.45) is 0 Å². The number of piperazine rings is 1. The quantitative estimate of drug-likeness (QED) is 0.472. The van der Waals surface area contributed by atoms with Gasteiger partial charge in [-0.2, -0.15) is 0 Å². The zero-order valence-corrected chi connectivity index (χ0v) is 16.8. The number of nitro benzene ring substituents is 1. The Bertz CT molecular complexity index is 1130. The molecule has 2 N–H and O–H groups in total. The van der Waals surface area contributed by atoms with Crippen LogP contribution in [0.4, 0.5) is 17.2 Å². The van der Waals surface area contributed by atoms with Crippen LogP contribution in [0.2, 0.25) is 0 Å². The van der Waals surface area contributed by atoms with Crippen molar-refractivity contribution in [1.29, 1.82) is 0 Å². The first-order valence-electron chi connectivity index (χ1n) is 10.2. The van der Waals surface area contributed by atoms with Crippen molar-refractivity contribution in [3.63, 3.8) is 0 Å². The molecule has 0 saturated carbocycles. The van der Waals surface area contributed by atoms with Crippen molar-refractivity contribution < 1.29 is 14.4 Å². The summed E-state index contributed by atoms with van der Waals surface area (Å²) in [5.41, 5.74) is 2.31. The molecular formula is C21H22N6O4. The fraction of sp³-hybridized carbons (Fsp3) is 0.333. The van der Waals surface area contributed by atoms with Gasteiger partial charge in [0.1, 0.15) is 31.0 Å². The SMILES string of the molecule is O=[N+]([O-])c1cc2c(NCc3ccc4c(c3)OCCO4)ncnc2cc1N1CCNCC1. The molecule has 31 heavy (non-hydrogen) atoms. The molecule has 3 heterocycles. The molecule has 10 nitrogen and oxygen atoms in total. The van der Waals surface area contributed by atoms with Crippen LogP contribution in [0.3, 0.4) is 0 Å². The molecule has 10 heteroatoms. The van der Waals surface area contributed by atoms with Crippen molar-refractivity contribution >= 4 is 28.1 Å². The fourth-order valence-corrected chi connectivity index (χ4v) is 3.91. The molecule has 0 atom stereocenters. The van der Waals surface area contributed by atoms with Gasteiger partial charge in [0, 0.05) is 44.2 Å². The van der Waals surface area contributed by atoms with E-state index in [1.807, 2.05) is 23.1 Å². The van der Waals surface area contributed by atoms with E-state index in [2.05, 4.69) is 20.6 Å². The second-order valence-corrected chi connectivity index (χ2v) is 7.41. The van der Waals surface area contributed by atoms with Crippen LogP contribution in [-0.2, 0) is 6.54 Å². The number of fused-ring (bicyclic) bond motifs is 2. The monoisotopic (exact) mass is 422 g/mol. The highest BCUT2D eigenvalue weighted by atomic mass is 16.6. The van der Waals surface area contributed by atoms with Gasteiger partial charge < -0.3 is 25.0 Å². The number of rotatable bonds is 5.